The van der Waals surface area contributed by atoms with Crippen LogP contribution in [0.1, 0.15) is 36.8 Å². The van der Waals surface area contributed by atoms with Crippen LogP contribution in [-0.2, 0) is 26.1 Å². The Morgan fingerprint density at radius 1 is 1.12 bits per heavy atom. The monoisotopic (exact) mass is 483 g/mol. The van der Waals surface area contributed by atoms with Crippen molar-refractivity contribution in [2.45, 2.75) is 43.2 Å². The minimum absolute atomic E-state index is 0.0295. The van der Waals surface area contributed by atoms with Gasteiger partial charge in [0.2, 0.25) is 5.91 Å². The van der Waals surface area contributed by atoms with Gasteiger partial charge in [-0.15, -0.1) is 4.40 Å². The second-order valence-electron chi connectivity index (χ2n) is 8.98. The molecule has 2 aromatic carbocycles. The lowest BCUT2D eigenvalue weighted by Crippen LogP contribution is -2.45. The van der Waals surface area contributed by atoms with E-state index >= 15 is 0 Å². The number of nitrogens with one attached hydrogen (secondary N) is 1. The molecule has 34 heavy (non-hydrogen) atoms. The predicted molar refractivity (Wildman–Crippen MR) is 127 cm³/mol. The average molecular weight is 484 g/mol. The van der Waals surface area contributed by atoms with E-state index in [1.54, 1.807) is 18.2 Å². The maximum atomic E-state index is 12.9. The van der Waals surface area contributed by atoms with Crippen LogP contribution in [0.5, 0.6) is 5.75 Å². The molecule has 0 aliphatic carbocycles. The third-order valence-electron chi connectivity index (χ3n) is 6.55. The molecule has 5 rings (SSSR count). The topological polar surface area (TPSA) is 97.3 Å². The molecule has 0 bridgehead atoms. The summed E-state index contributed by atoms with van der Waals surface area (Å²) in [5, 5.41) is 3.03. The molecule has 1 N–H and O–H groups in total. The predicted octanol–water partition coefficient (Wildman–Crippen LogP) is 2.72. The molecular formula is C25H29N3O5S. The molecule has 0 saturated carbocycles. The lowest BCUT2D eigenvalue weighted by molar-refractivity contribution is -0.126. The zero-order valence-electron chi connectivity index (χ0n) is 19.0. The van der Waals surface area contributed by atoms with Crippen LogP contribution >= 0.6 is 0 Å². The van der Waals surface area contributed by atoms with Gasteiger partial charge in [0.05, 0.1) is 12.0 Å². The number of hydrogen-bond acceptors (Lipinski definition) is 6. The van der Waals surface area contributed by atoms with E-state index in [9.17, 15) is 13.2 Å². The van der Waals surface area contributed by atoms with E-state index in [4.69, 9.17) is 9.47 Å². The molecule has 3 aliphatic rings. The van der Waals surface area contributed by atoms with E-state index in [2.05, 4.69) is 9.71 Å². The number of amidine groups is 1. The SMILES string of the molecule is O=C(NCc1ccc(OCC2CCCO2)cc1)C1CCCN(C2=NS(=O)(=O)c3ccccc32)C1. The van der Waals surface area contributed by atoms with Gasteiger partial charge < -0.3 is 19.7 Å². The Morgan fingerprint density at radius 2 is 1.94 bits per heavy atom. The van der Waals surface area contributed by atoms with E-state index in [0.29, 0.717) is 37.6 Å². The van der Waals surface area contributed by atoms with Crippen molar-refractivity contribution in [1.82, 2.24) is 10.2 Å². The number of benzene rings is 2. The van der Waals surface area contributed by atoms with Crippen LogP contribution < -0.4 is 10.1 Å². The summed E-state index contributed by atoms with van der Waals surface area (Å²) in [5.41, 5.74) is 1.61. The number of carbonyl (C=O) groups is 1. The number of likely N-dealkylation sites (tertiary alicyclic amines) is 1. The van der Waals surface area contributed by atoms with E-state index < -0.39 is 10.0 Å². The Bertz CT molecular complexity index is 1170. The molecule has 2 aromatic rings. The molecule has 2 unspecified atom stereocenters. The van der Waals surface area contributed by atoms with Gasteiger partial charge in [-0.3, -0.25) is 4.79 Å². The van der Waals surface area contributed by atoms with Gasteiger partial charge in [0.15, 0.2) is 5.84 Å². The summed E-state index contributed by atoms with van der Waals surface area (Å²) >= 11 is 0. The van der Waals surface area contributed by atoms with E-state index in [1.165, 1.54) is 0 Å². The fourth-order valence-corrected chi connectivity index (χ4v) is 5.93. The summed E-state index contributed by atoms with van der Waals surface area (Å²) in [5.74, 6) is 0.992. The van der Waals surface area contributed by atoms with Crippen molar-refractivity contribution in [3.05, 3.63) is 59.7 Å². The smallest absolute Gasteiger partial charge is 0.285 e. The van der Waals surface area contributed by atoms with Crippen molar-refractivity contribution in [1.29, 1.82) is 0 Å². The van der Waals surface area contributed by atoms with Crippen molar-refractivity contribution < 1.29 is 22.7 Å². The number of ether oxygens (including phenoxy) is 2. The molecular weight excluding hydrogens is 454 g/mol. The number of hydrogen-bond donors (Lipinski definition) is 1. The van der Waals surface area contributed by atoms with Gasteiger partial charge in [0.25, 0.3) is 10.0 Å². The van der Waals surface area contributed by atoms with Gasteiger partial charge in [0.1, 0.15) is 17.3 Å². The standard InChI is InChI=1S/C25H29N3O5S/c29-25(26-15-18-9-11-20(12-10-18)33-17-21-6-4-14-32-21)19-5-3-13-28(16-19)24-22-7-1-2-8-23(22)34(30,31)27-24/h1-2,7-12,19,21H,3-6,13-17H2,(H,26,29). The van der Waals surface area contributed by atoms with Gasteiger partial charge in [0, 0.05) is 31.8 Å². The minimum Gasteiger partial charge on any atom is -0.491 e. The number of sulfonamides is 1. The van der Waals surface area contributed by atoms with Gasteiger partial charge in [-0.05, 0) is 55.5 Å². The highest BCUT2D eigenvalue weighted by Gasteiger charge is 2.35. The summed E-state index contributed by atoms with van der Waals surface area (Å²) in [6, 6.07) is 14.6. The molecule has 3 aliphatic heterocycles. The number of piperidine rings is 1. The van der Waals surface area contributed by atoms with E-state index in [-0.39, 0.29) is 22.8 Å². The molecule has 8 nitrogen and oxygen atoms in total. The normalized spacial score (nSPS) is 23.3. The largest absolute Gasteiger partial charge is 0.491 e. The average Bonchev–Trinajstić information content (AvgIpc) is 3.48. The van der Waals surface area contributed by atoms with Crippen molar-refractivity contribution in [2.24, 2.45) is 10.3 Å². The first-order valence-corrected chi connectivity index (χ1v) is 13.2. The first-order valence-electron chi connectivity index (χ1n) is 11.8. The Balaban J connectivity index is 1.15. The molecule has 9 heteroatoms. The molecule has 3 heterocycles. The molecule has 180 valence electrons. The number of amides is 1. The van der Waals surface area contributed by atoms with Crippen molar-refractivity contribution in [2.75, 3.05) is 26.3 Å². The Hall–Kier alpha value is -2.91. The highest BCUT2D eigenvalue weighted by atomic mass is 32.2. The molecule has 2 atom stereocenters. The number of rotatable bonds is 6. The number of fused-ring (bicyclic) bond motifs is 1. The van der Waals surface area contributed by atoms with Crippen molar-refractivity contribution in [3.63, 3.8) is 0 Å². The maximum absolute atomic E-state index is 12.9. The molecule has 0 aromatic heterocycles. The molecule has 0 radical (unpaired) electrons. The number of carbonyl (C=O) groups excluding carboxylic acids is 1. The third-order valence-corrected chi connectivity index (χ3v) is 7.88. The van der Waals surface area contributed by atoms with Crippen LogP contribution in [-0.4, -0.2) is 57.5 Å². The Morgan fingerprint density at radius 3 is 2.74 bits per heavy atom. The van der Waals surface area contributed by atoms with Crippen molar-refractivity contribution in [3.8, 4) is 5.75 Å². The highest BCUT2D eigenvalue weighted by Crippen LogP contribution is 2.29. The Kier molecular flexibility index (Phi) is 6.56. The van der Waals surface area contributed by atoms with E-state index in [1.807, 2.05) is 35.2 Å². The molecule has 1 amide bonds. The fraction of sp³-hybridized carbons (Fsp3) is 0.440. The summed E-state index contributed by atoms with van der Waals surface area (Å²) < 4.78 is 40.2. The quantitative estimate of drug-likeness (QED) is 0.679. The zero-order valence-corrected chi connectivity index (χ0v) is 19.8. The summed E-state index contributed by atoms with van der Waals surface area (Å²) in [7, 11) is -3.67. The van der Waals surface area contributed by atoms with E-state index in [0.717, 1.165) is 43.6 Å². The highest BCUT2D eigenvalue weighted by molar-refractivity contribution is 7.90. The van der Waals surface area contributed by atoms with Crippen LogP contribution in [0.25, 0.3) is 0 Å². The van der Waals surface area contributed by atoms with Gasteiger partial charge in [-0.25, -0.2) is 0 Å². The van der Waals surface area contributed by atoms with Crippen LogP contribution in [0.15, 0.2) is 57.8 Å². The minimum atomic E-state index is -3.67. The second kappa shape index (κ2) is 9.76. The number of nitrogens with zero attached hydrogens (tertiary/aromatic N) is 2. The van der Waals surface area contributed by atoms with Gasteiger partial charge in [-0.1, -0.05) is 24.3 Å². The first kappa shape index (κ1) is 22.9. The van der Waals surface area contributed by atoms with Gasteiger partial charge >= 0.3 is 0 Å². The molecule has 2 fully saturated rings. The van der Waals surface area contributed by atoms with Crippen molar-refractivity contribution >= 4 is 21.8 Å². The zero-order chi connectivity index (χ0) is 23.5. The summed E-state index contributed by atoms with van der Waals surface area (Å²) in [6.07, 6.45) is 3.87. The van der Waals surface area contributed by atoms with Gasteiger partial charge in [-0.2, -0.15) is 8.42 Å². The van der Waals surface area contributed by atoms with Crippen LogP contribution in [0, 0.1) is 5.92 Å². The van der Waals surface area contributed by atoms with Crippen LogP contribution in [0.2, 0.25) is 0 Å². The lowest BCUT2D eigenvalue weighted by atomic mass is 9.96. The molecule has 2 saturated heterocycles. The first-order chi connectivity index (χ1) is 16.5. The summed E-state index contributed by atoms with van der Waals surface area (Å²) in [6.45, 7) is 2.93. The second-order valence-corrected chi connectivity index (χ2v) is 10.6. The third kappa shape index (κ3) is 4.95. The Labute approximate surface area is 200 Å². The lowest BCUT2D eigenvalue weighted by Gasteiger charge is -2.33. The van der Waals surface area contributed by atoms with Crippen LogP contribution in [0.4, 0.5) is 0 Å². The maximum Gasteiger partial charge on any atom is 0.285 e. The fourth-order valence-electron chi connectivity index (χ4n) is 4.70. The van der Waals surface area contributed by atoms with Crippen LogP contribution in [0.3, 0.4) is 0 Å². The molecule has 0 spiro atoms. The summed E-state index contributed by atoms with van der Waals surface area (Å²) in [4.78, 5) is 15.1.